The molecule has 90 valence electrons. The molecule has 0 amide bonds. The van der Waals surface area contributed by atoms with Crippen LogP contribution in [0.25, 0.3) is 21.2 Å². The summed E-state index contributed by atoms with van der Waals surface area (Å²) >= 11 is 7.54. The van der Waals surface area contributed by atoms with E-state index < -0.39 is 0 Å². The van der Waals surface area contributed by atoms with Crippen LogP contribution in [-0.2, 0) is 0 Å². The average molecular weight is 278 g/mol. The van der Waals surface area contributed by atoms with E-state index >= 15 is 0 Å². The molecule has 0 bridgehead atoms. The van der Waals surface area contributed by atoms with Gasteiger partial charge in [0.05, 0.1) is 10.7 Å². The summed E-state index contributed by atoms with van der Waals surface area (Å²) in [6, 6.07) is 10.6. The molecule has 0 saturated carbocycles. The maximum absolute atomic E-state index is 13.5. The summed E-state index contributed by atoms with van der Waals surface area (Å²) in [5.41, 5.74) is 7.93. The first kappa shape index (κ1) is 11.5. The summed E-state index contributed by atoms with van der Waals surface area (Å²) in [6.45, 7) is 0. The lowest BCUT2D eigenvalue weighted by Gasteiger charge is -2.09. The van der Waals surface area contributed by atoms with E-state index in [1.807, 2.05) is 29.6 Å². The quantitative estimate of drug-likeness (QED) is 0.626. The van der Waals surface area contributed by atoms with Gasteiger partial charge in [0.2, 0.25) is 0 Å². The van der Waals surface area contributed by atoms with Crippen LogP contribution in [0.5, 0.6) is 0 Å². The molecule has 0 unspecified atom stereocenters. The zero-order valence-electron chi connectivity index (χ0n) is 9.28. The third-order valence-corrected chi connectivity index (χ3v) is 4.14. The minimum Gasteiger partial charge on any atom is -0.397 e. The van der Waals surface area contributed by atoms with Crippen molar-refractivity contribution in [3.05, 3.63) is 52.6 Å². The molecule has 0 radical (unpaired) electrons. The molecule has 0 aliphatic rings. The highest BCUT2D eigenvalue weighted by atomic mass is 35.5. The summed E-state index contributed by atoms with van der Waals surface area (Å²) in [5, 5.41) is 3.38. The van der Waals surface area contributed by atoms with Crippen molar-refractivity contribution in [3.8, 4) is 11.1 Å². The molecule has 0 aliphatic carbocycles. The van der Waals surface area contributed by atoms with E-state index in [-0.39, 0.29) is 10.8 Å². The van der Waals surface area contributed by atoms with Gasteiger partial charge in [-0.15, -0.1) is 11.3 Å². The lowest BCUT2D eigenvalue weighted by atomic mass is 10.0. The van der Waals surface area contributed by atoms with Crippen molar-refractivity contribution in [2.45, 2.75) is 0 Å². The van der Waals surface area contributed by atoms with Gasteiger partial charge >= 0.3 is 0 Å². The predicted octanol–water partition coefficient (Wildman–Crippen LogP) is 4.94. The van der Waals surface area contributed by atoms with Crippen molar-refractivity contribution in [2.75, 3.05) is 5.73 Å². The van der Waals surface area contributed by atoms with Gasteiger partial charge in [0.15, 0.2) is 0 Å². The smallest absolute Gasteiger partial charge is 0.125 e. The SMILES string of the molecule is Nc1c(Cl)cc(F)cc1-c1cccc2ccsc12. The van der Waals surface area contributed by atoms with E-state index in [1.54, 1.807) is 11.3 Å². The van der Waals surface area contributed by atoms with Gasteiger partial charge in [0.1, 0.15) is 5.82 Å². The molecule has 1 aromatic heterocycles. The van der Waals surface area contributed by atoms with Crippen molar-refractivity contribution in [3.63, 3.8) is 0 Å². The van der Waals surface area contributed by atoms with Gasteiger partial charge in [-0.1, -0.05) is 29.8 Å². The number of anilines is 1. The Labute approximate surface area is 113 Å². The summed E-state index contributed by atoms with van der Waals surface area (Å²) in [4.78, 5) is 0. The number of rotatable bonds is 1. The van der Waals surface area contributed by atoms with Crippen LogP contribution in [0.15, 0.2) is 41.8 Å². The van der Waals surface area contributed by atoms with E-state index in [9.17, 15) is 4.39 Å². The fourth-order valence-electron chi connectivity index (χ4n) is 2.01. The van der Waals surface area contributed by atoms with Crippen LogP contribution < -0.4 is 5.73 Å². The second-order valence-corrected chi connectivity index (χ2v) is 5.32. The molecule has 3 aromatic rings. The van der Waals surface area contributed by atoms with Crippen molar-refractivity contribution in [1.82, 2.24) is 0 Å². The Morgan fingerprint density at radius 3 is 2.78 bits per heavy atom. The Balaban J connectivity index is 2.36. The van der Waals surface area contributed by atoms with Gasteiger partial charge in [-0.05, 0) is 29.0 Å². The van der Waals surface area contributed by atoms with E-state index in [2.05, 4.69) is 0 Å². The number of nitrogen functional groups attached to an aromatic ring is 1. The van der Waals surface area contributed by atoms with Crippen molar-refractivity contribution >= 4 is 38.7 Å². The maximum atomic E-state index is 13.5. The lowest BCUT2D eigenvalue weighted by molar-refractivity contribution is 0.628. The fraction of sp³-hybridized carbons (Fsp3) is 0. The number of fused-ring (bicyclic) bond motifs is 1. The van der Waals surface area contributed by atoms with Crippen LogP contribution in [0, 0.1) is 5.82 Å². The number of halogens is 2. The first-order chi connectivity index (χ1) is 8.66. The van der Waals surface area contributed by atoms with Gasteiger partial charge in [-0.25, -0.2) is 4.39 Å². The van der Waals surface area contributed by atoms with Crippen LogP contribution in [0.4, 0.5) is 10.1 Å². The Bertz CT molecular complexity index is 736. The summed E-state index contributed by atoms with van der Waals surface area (Å²) in [5.74, 6) is -0.377. The summed E-state index contributed by atoms with van der Waals surface area (Å²) in [7, 11) is 0. The highest BCUT2D eigenvalue weighted by Gasteiger charge is 2.12. The Kier molecular flexibility index (Phi) is 2.73. The van der Waals surface area contributed by atoms with Crippen LogP contribution in [0.3, 0.4) is 0 Å². The van der Waals surface area contributed by atoms with E-state index in [4.69, 9.17) is 17.3 Å². The molecule has 0 aliphatic heterocycles. The highest BCUT2D eigenvalue weighted by Crippen LogP contribution is 2.38. The van der Waals surface area contributed by atoms with Crippen molar-refractivity contribution in [2.24, 2.45) is 0 Å². The first-order valence-corrected chi connectivity index (χ1v) is 6.63. The number of benzene rings is 2. The molecule has 0 saturated heterocycles. The zero-order valence-corrected chi connectivity index (χ0v) is 10.9. The second-order valence-electron chi connectivity index (χ2n) is 3.99. The van der Waals surface area contributed by atoms with Crippen LogP contribution >= 0.6 is 22.9 Å². The minimum absolute atomic E-state index is 0.249. The molecule has 18 heavy (non-hydrogen) atoms. The van der Waals surface area contributed by atoms with E-state index in [0.717, 1.165) is 15.6 Å². The molecule has 0 fully saturated rings. The monoisotopic (exact) mass is 277 g/mol. The van der Waals surface area contributed by atoms with E-state index in [1.165, 1.54) is 12.1 Å². The van der Waals surface area contributed by atoms with Crippen molar-refractivity contribution in [1.29, 1.82) is 0 Å². The molecule has 3 rings (SSSR count). The summed E-state index contributed by atoms with van der Waals surface area (Å²) < 4.78 is 14.6. The topological polar surface area (TPSA) is 26.0 Å². The van der Waals surface area contributed by atoms with E-state index in [0.29, 0.717) is 11.3 Å². The Hall–Kier alpha value is -1.58. The number of hydrogen-bond acceptors (Lipinski definition) is 2. The lowest BCUT2D eigenvalue weighted by Crippen LogP contribution is -1.93. The molecular weight excluding hydrogens is 269 g/mol. The van der Waals surface area contributed by atoms with Crippen LogP contribution in [0.1, 0.15) is 0 Å². The number of thiophene rings is 1. The molecular formula is C14H9ClFNS. The third-order valence-electron chi connectivity index (χ3n) is 2.86. The Morgan fingerprint density at radius 2 is 1.94 bits per heavy atom. The van der Waals surface area contributed by atoms with Gasteiger partial charge in [0.25, 0.3) is 0 Å². The third kappa shape index (κ3) is 1.76. The highest BCUT2D eigenvalue weighted by molar-refractivity contribution is 7.17. The summed E-state index contributed by atoms with van der Waals surface area (Å²) in [6.07, 6.45) is 0. The first-order valence-electron chi connectivity index (χ1n) is 5.38. The molecule has 0 spiro atoms. The van der Waals surface area contributed by atoms with Gasteiger partial charge < -0.3 is 5.73 Å². The number of hydrogen-bond donors (Lipinski definition) is 1. The minimum atomic E-state index is -0.377. The molecule has 4 heteroatoms. The predicted molar refractivity (Wildman–Crippen MR) is 76.6 cm³/mol. The van der Waals surface area contributed by atoms with Crippen molar-refractivity contribution < 1.29 is 4.39 Å². The maximum Gasteiger partial charge on any atom is 0.125 e. The van der Waals surface area contributed by atoms with Gasteiger partial charge in [-0.2, -0.15) is 0 Å². The standard InChI is InChI=1S/C14H9ClFNS/c15-12-7-9(16)6-11(13(12)17)10-3-1-2-8-4-5-18-14(8)10/h1-7H,17H2. The molecule has 1 heterocycles. The average Bonchev–Trinajstić information content (AvgIpc) is 2.81. The molecule has 2 N–H and O–H groups in total. The molecule has 2 aromatic carbocycles. The zero-order chi connectivity index (χ0) is 12.7. The number of nitrogens with two attached hydrogens (primary N) is 1. The molecule has 0 atom stereocenters. The second kappa shape index (κ2) is 4.26. The van der Waals surface area contributed by atoms with Gasteiger partial charge in [-0.3, -0.25) is 0 Å². The largest absolute Gasteiger partial charge is 0.397 e. The normalized spacial score (nSPS) is 11.0. The van der Waals surface area contributed by atoms with Crippen LogP contribution in [-0.4, -0.2) is 0 Å². The fourth-order valence-corrected chi connectivity index (χ4v) is 3.15. The molecule has 1 nitrogen and oxygen atoms in total. The van der Waals surface area contributed by atoms with Gasteiger partial charge in [0, 0.05) is 15.8 Å². The Morgan fingerprint density at radius 1 is 1.11 bits per heavy atom. The van der Waals surface area contributed by atoms with Crippen LogP contribution in [0.2, 0.25) is 5.02 Å².